The Morgan fingerprint density at radius 3 is 2.61 bits per heavy atom. The monoisotopic (exact) mass is 448 g/mol. The minimum absolute atomic E-state index is 0.191. The Hall–Kier alpha value is -1.99. The third kappa shape index (κ3) is 7.01. The average Bonchev–Trinajstić information content (AvgIpc) is 2.76. The molecule has 31 heavy (non-hydrogen) atoms. The zero-order valence-electron chi connectivity index (χ0n) is 17.9. The molecule has 2 N–H and O–H groups in total. The number of hydrogen-bond acceptors (Lipinski definition) is 5. The molecule has 0 aromatic heterocycles. The van der Waals surface area contributed by atoms with Crippen LogP contribution < -0.4 is 5.73 Å². The Balaban J connectivity index is 1.62. The van der Waals surface area contributed by atoms with Gasteiger partial charge in [0.1, 0.15) is 5.82 Å². The molecule has 0 radical (unpaired) electrons. The van der Waals surface area contributed by atoms with Crippen LogP contribution in [0.15, 0.2) is 42.5 Å². The number of ether oxygens (including phenoxy) is 2. The fraction of sp³-hybridized carbons (Fsp3) is 0.458. The van der Waals surface area contributed by atoms with E-state index in [9.17, 15) is 9.18 Å². The third-order valence-corrected chi connectivity index (χ3v) is 5.72. The van der Waals surface area contributed by atoms with Gasteiger partial charge < -0.3 is 15.2 Å². The van der Waals surface area contributed by atoms with Gasteiger partial charge in [-0.1, -0.05) is 35.9 Å². The van der Waals surface area contributed by atoms with Crippen molar-refractivity contribution in [2.45, 2.75) is 25.8 Å². The highest BCUT2D eigenvalue weighted by Crippen LogP contribution is 2.26. The summed E-state index contributed by atoms with van der Waals surface area (Å²) in [6.45, 7) is 5.79. The number of halogens is 2. The van der Waals surface area contributed by atoms with Crippen molar-refractivity contribution < 1.29 is 18.7 Å². The Kier molecular flexibility index (Phi) is 8.84. The third-order valence-electron chi connectivity index (χ3n) is 5.48. The molecule has 0 bridgehead atoms. The lowest BCUT2D eigenvalue weighted by molar-refractivity contribution is -0.149. The topological polar surface area (TPSA) is 64.8 Å². The van der Waals surface area contributed by atoms with Crippen molar-refractivity contribution >= 4 is 17.6 Å². The van der Waals surface area contributed by atoms with Gasteiger partial charge in [-0.15, -0.1) is 0 Å². The van der Waals surface area contributed by atoms with Crippen LogP contribution in [0.25, 0.3) is 11.1 Å². The predicted molar refractivity (Wildman–Crippen MR) is 121 cm³/mol. The minimum atomic E-state index is -0.311. The van der Waals surface area contributed by atoms with Crippen LogP contribution in [0.1, 0.15) is 18.9 Å². The van der Waals surface area contributed by atoms with E-state index < -0.39 is 0 Å². The quantitative estimate of drug-likeness (QED) is 0.589. The first-order valence-electron chi connectivity index (χ1n) is 10.7. The van der Waals surface area contributed by atoms with E-state index in [1.54, 1.807) is 6.07 Å². The number of hydrogen-bond donors (Lipinski definition) is 1. The number of carbonyl (C=O) groups is 1. The summed E-state index contributed by atoms with van der Waals surface area (Å²) in [6.07, 6.45) is 1.16. The fourth-order valence-corrected chi connectivity index (χ4v) is 4.06. The van der Waals surface area contributed by atoms with Gasteiger partial charge in [0.2, 0.25) is 0 Å². The summed E-state index contributed by atoms with van der Waals surface area (Å²) < 4.78 is 24.8. The van der Waals surface area contributed by atoms with Crippen LogP contribution >= 0.6 is 11.6 Å². The van der Waals surface area contributed by atoms with E-state index in [2.05, 4.69) is 4.90 Å². The summed E-state index contributed by atoms with van der Waals surface area (Å²) >= 11 is 6.00. The molecule has 1 fully saturated rings. The number of esters is 1. The van der Waals surface area contributed by atoms with Gasteiger partial charge in [0.25, 0.3) is 0 Å². The molecule has 1 saturated heterocycles. The number of carbonyl (C=O) groups excluding carboxylic acids is 1. The van der Waals surface area contributed by atoms with E-state index in [4.69, 9.17) is 26.8 Å². The van der Waals surface area contributed by atoms with Crippen molar-refractivity contribution in [1.29, 1.82) is 0 Å². The summed E-state index contributed by atoms with van der Waals surface area (Å²) in [4.78, 5) is 14.7. The first-order chi connectivity index (χ1) is 15.0. The first kappa shape index (κ1) is 23.7. The summed E-state index contributed by atoms with van der Waals surface area (Å²) in [5.41, 5.74) is 8.67. The number of nitrogens with two attached hydrogens (primary N) is 1. The molecule has 1 aliphatic heterocycles. The second-order valence-corrected chi connectivity index (χ2v) is 8.32. The van der Waals surface area contributed by atoms with E-state index in [0.29, 0.717) is 49.8 Å². The highest BCUT2D eigenvalue weighted by atomic mass is 35.5. The smallest absolute Gasteiger partial charge is 0.310 e. The molecule has 168 valence electrons. The number of morpholine rings is 1. The summed E-state index contributed by atoms with van der Waals surface area (Å²) in [5, 5.41) is 0.493. The fourth-order valence-electron chi connectivity index (χ4n) is 3.89. The van der Waals surface area contributed by atoms with Crippen molar-refractivity contribution in [2.75, 3.05) is 39.5 Å². The van der Waals surface area contributed by atoms with Crippen molar-refractivity contribution in [1.82, 2.24) is 4.90 Å². The summed E-state index contributed by atoms with van der Waals surface area (Å²) in [5.74, 6) is -0.779. The molecule has 1 heterocycles. The van der Waals surface area contributed by atoms with Crippen molar-refractivity contribution in [3.05, 3.63) is 58.9 Å². The molecule has 5 nitrogen and oxygen atoms in total. The molecular formula is C24H30ClFN2O3. The molecule has 0 aliphatic carbocycles. The Bertz CT molecular complexity index is 856. The standard InChI is InChI=1S/C24H30ClFN2O3/c1-2-31-24(29)19(16-28-9-11-30-12-10-28)14-21(27)13-17-3-5-18(6-4-17)22-15-20(25)7-8-23(22)26/h3-8,15,19,21H,2,9-14,16,27H2,1H3. The molecule has 2 atom stereocenters. The second kappa shape index (κ2) is 11.6. The van der Waals surface area contributed by atoms with Crippen molar-refractivity contribution in [2.24, 2.45) is 11.7 Å². The van der Waals surface area contributed by atoms with Crippen LogP contribution in [-0.2, 0) is 20.7 Å². The van der Waals surface area contributed by atoms with Gasteiger partial charge in [0, 0.05) is 36.3 Å². The van der Waals surface area contributed by atoms with E-state index >= 15 is 0 Å². The average molecular weight is 449 g/mol. The lowest BCUT2D eigenvalue weighted by Gasteiger charge is -2.30. The lowest BCUT2D eigenvalue weighted by atomic mass is 9.94. The SMILES string of the molecule is CCOC(=O)C(CC(N)Cc1ccc(-c2cc(Cl)ccc2F)cc1)CN1CCOCC1. The van der Waals surface area contributed by atoms with Crippen LogP contribution in [0.4, 0.5) is 4.39 Å². The van der Waals surface area contributed by atoms with E-state index in [0.717, 1.165) is 24.2 Å². The van der Waals surface area contributed by atoms with Crippen LogP contribution in [0.2, 0.25) is 5.02 Å². The highest BCUT2D eigenvalue weighted by molar-refractivity contribution is 6.30. The summed E-state index contributed by atoms with van der Waals surface area (Å²) in [7, 11) is 0. The maximum Gasteiger partial charge on any atom is 0.310 e. The largest absolute Gasteiger partial charge is 0.466 e. The van der Waals surface area contributed by atoms with Gasteiger partial charge >= 0.3 is 5.97 Å². The van der Waals surface area contributed by atoms with Crippen LogP contribution in [-0.4, -0.2) is 56.4 Å². The second-order valence-electron chi connectivity index (χ2n) is 7.88. The Labute approximate surface area is 188 Å². The van der Waals surface area contributed by atoms with Crippen LogP contribution in [0.5, 0.6) is 0 Å². The molecule has 0 saturated carbocycles. The number of rotatable bonds is 9. The minimum Gasteiger partial charge on any atom is -0.466 e. The van der Waals surface area contributed by atoms with E-state index in [-0.39, 0.29) is 23.7 Å². The van der Waals surface area contributed by atoms with Gasteiger partial charge in [0.05, 0.1) is 25.7 Å². The Morgan fingerprint density at radius 2 is 1.94 bits per heavy atom. The molecular weight excluding hydrogens is 419 g/mol. The zero-order valence-corrected chi connectivity index (χ0v) is 18.6. The zero-order chi connectivity index (χ0) is 22.2. The lowest BCUT2D eigenvalue weighted by Crippen LogP contribution is -2.43. The molecule has 1 aliphatic rings. The maximum absolute atomic E-state index is 14.1. The molecule has 2 unspecified atom stereocenters. The van der Waals surface area contributed by atoms with E-state index in [1.807, 2.05) is 31.2 Å². The predicted octanol–water partition coefficient (Wildman–Crippen LogP) is 3.92. The molecule has 7 heteroatoms. The maximum atomic E-state index is 14.1. The van der Waals surface area contributed by atoms with Gasteiger partial charge in [-0.25, -0.2) is 4.39 Å². The summed E-state index contributed by atoms with van der Waals surface area (Å²) in [6, 6.07) is 11.9. The number of nitrogens with zero attached hydrogens (tertiary/aromatic N) is 1. The van der Waals surface area contributed by atoms with Gasteiger partial charge in [-0.05, 0) is 49.1 Å². The van der Waals surface area contributed by atoms with Crippen molar-refractivity contribution in [3.63, 3.8) is 0 Å². The molecule has 3 rings (SSSR count). The van der Waals surface area contributed by atoms with Gasteiger partial charge in [-0.2, -0.15) is 0 Å². The van der Waals surface area contributed by atoms with Gasteiger partial charge in [0.15, 0.2) is 0 Å². The first-order valence-corrected chi connectivity index (χ1v) is 11.1. The van der Waals surface area contributed by atoms with Gasteiger partial charge in [-0.3, -0.25) is 9.69 Å². The highest BCUT2D eigenvalue weighted by Gasteiger charge is 2.26. The Morgan fingerprint density at radius 1 is 1.23 bits per heavy atom. The number of benzene rings is 2. The van der Waals surface area contributed by atoms with Crippen LogP contribution in [0, 0.1) is 11.7 Å². The molecule has 2 aromatic carbocycles. The molecule has 2 aromatic rings. The molecule has 0 spiro atoms. The van der Waals surface area contributed by atoms with Crippen molar-refractivity contribution in [3.8, 4) is 11.1 Å². The molecule has 0 amide bonds. The van der Waals surface area contributed by atoms with Crippen LogP contribution in [0.3, 0.4) is 0 Å². The normalized spacial score (nSPS) is 16.6. The van der Waals surface area contributed by atoms with E-state index in [1.165, 1.54) is 12.1 Å².